The van der Waals surface area contributed by atoms with Gasteiger partial charge in [-0.3, -0.25) is 0 Å². The minimum absolute atomic E-state index is 0.00361. The molecule has 5 nitrogen and oxygen atoms in total. The summed E-state index contributed by atoms with van der Waals surface area (Å²) in [6.07, 6.45) is 0.882. The molecule has 0 saturated carbocycles. The van der Waals surface area contributed by atoms with Crippen molar-refractivity contribution < 1.29 is 19.3 Å². The van der Waals surface area contributed by atoms with Crippen molar-refractivity contribution in [1.29, 1.82) is 0 Å². The molecule has 0 aliphatic carbocycles. The lowest BCUT2D eigenvalue weighted by Gasteiger charge is -2.30. The van der Waals surface area contributed by atoms with Gasteiger partial charge in [0, 0.05) is 20.1 Å². The average Bonchev–Trinajstić information content (AvgIpc) is 2.71. The van der Waals surface area contributed by atoms with Crippen LogP contribution in [0.15, 0.2) is 18.2 Å². The van der Waals surface area contributed by atoms with E-state index in [1.165, 1.54) is 0 Å². The molecule has 5 heteroatoms. The fraction of sp³-hybridized carbons (Fsp3) is 0.600. The van der Waals surface area contributed by atoms with E-state index in [-0.39, 0.29) is 6.61 Å². The second-order valence-corrected chi connectivity index (χ2v) is 5.12. The lowest BCUT2D eigenvalue weighted by atomic mass is 9.92. The zero-order valence-electron chi connectivity index (χ0n) is 12.1. The molecular formula is C15H23NO4. The molecule has 0 aromatic heterocycles. The highest BCUT2D eigenvalue weighted by Crippen LogP contribution is 2.33. The van der Waals surface area contributed by atoms with E-state index in [1.807, 2.05) is 25.1 Å². The van der Waals surface area contributed by atoms with Gasteiger partial charge in [-0.25, -0.2) is 0 Å². The van der Waals surface area contributed by atoms with Crippen LogP contribution in [0.2, 0.25) is 0 Å². The molecule has 2 rings (SSSR count). The molecule has 0 radical (unpaired) electrons. The van der Waals surface area contributed by atoms with E-state index in [1.54, 1.807) is 7.11 Å². The fourth-order valence-electron chi connectivity index (χ4n) is 2.18. The average molecular weight is 281 g/mol. The Morgan fingerprint density at radius 1 is 1.30 bits per heavy atom. The van der Waals surface area contributed by atoms with Crippen LogP contribution in [0.4, 0.5) is 0 Å². The maximum absolute atomic E-state index is 9.72. The third kappa shape index (κ3) is 3.42. The second-order valence-electron chi connectivity index (χ2n) is 5.12. The number of aliphatic hydroxyl groups excluding tert-OH is 1. The molecule has 1 unspecified atom stereocenters. The van der Waals surface area contributed by atoms with E-state index in [4.69, 9.17) is 14.2 Å². The maximum atomic E-state index is 9.72. The highest BCUT2D eigenvalue weighted by Gasteiger charge is 2.26. The molecule has 112 valence electrons. The quantitative estimate of drug-likeness (QED) is 0.770. The van der Waals surface area contributed by atoms with Crippen LogP contribution in [0.3, 0.4) is 0 Å². The number of ether oxygens (including phenoxy) is 3. The zero-order valence-corrected chi connectivity index (χ0v) is 12.1. The SMILES string of the molecule is COCCNC(C)(CO)c1ccc2c(c1)OCCCO2. The molecule has 0 spiro atoms. The minimum Gasteiger partial charge on any atom is -0.490 e. The van der Waals surface area contributed by atoms with E-state index < -0.39 is 5.54 Å². The van der Waals surface area contributed by atoms with E-state index in [0.717, 1.165) is 23.5 Å². The van der Waals surface area contributed by atoms with Gasteiger partial charge in [-0.1, -0.05) is 6.07 Å². The Balaban J connectivity index is 2.19. The molecule has 1 atom stereocenters. The highest BCUT2D eigenvalue weighted by molar-refractivity contribution is 5.45. The number of hydrogen-bond donors (Lipinski definition) is 2. The minimum atomic E-state index is -0.525. The molecule has 1 aromatic carbocycles. The van der Waals surface area contributed by atoms with Crippen molar-refractivity contribution in [3.63, 3.8) is 0 Å². The van der Waals surface area contributed by atoms with Gasteiger partial charge < -0.3 is 24.6 Å². The number of benzene rings is 1. The summed E-state index contributed by atoms with van der Waals surface area (Å²) < 4.78 is 16.4. The summed E-state index contributed by atoms with van der Waals surface area (Å²) in [5, 5.41) is 13.0. The summed E-state index contributed by atoms with van der Waals surface area (Å²) in [5.74, 6) is 1.51. The first kappa shape index (κ1) is 15.1. The van der Waals surface area contributed by atoms with Crippen LogP contribution >= 0.6 is 0 Å². The van der Waals surface area contributed by atoms with Crippen molar-refractivity contribution in [3.8, 4) is 11.5 Å². The lowest BCUT2D eigenvalue weighted by Crippen LogP contribution is -2.44. The Kier molecular flexibility index (Phi) is 5.23. The van der Waals surface area contributed by atoms with Crippen molar-refractivity contribution in [2.75, 3.05) is 40.1 Å². The predicted octanol–water partition coefficient (Wildman–Crippen LogP) is 1.29. The standard InChI is InChI=1S/C15H23NO4/c1-15(11-17,16-6-9-18-2)12-4-5-13-14(10-12)20-8-3-7-19-13/h4-5,10,16-17H,3,6-9,11H2,1-2H3. The van der Waals surface area contributed by atoms with Gasteiger partial charge in [0.25, 0.3) is 0 Å². The monoisotopic (exact) mass is 281 g/mol. The third-order valence-electron chi connectivity index (χ3n) is 3.52. The van der Waals surface area contributed by atoms with Gasteiger partial charge in [-0.15, -0.1) is 0 Å². The van der Waals surface area contributed by atoms with Crippen molar-refractivity contribution >= 4 is 0 Å². The molecule has 0 fully saturated rings. The molecule has 1 aromatic rings. The molecular weight excluding hydrogens is 258 g/mol. The molecule has 1 aliphatic heterocycles. The summed E-state index contributed by atoms with van der Waals surface area (Å²) in [4.78, 5) is 0. The number of rotatable bonds is 6. The first-order valence-electron chi connectivity index (χ1n) is 6.94. The van der Waals surface area contributed by atoms with Gasteiger partial charge in [-0.2, -0.15) is 0 Å². The molecule has 0 amide bonds. The first-order valence-corrected chi connectivity index (χ1v) is 6.94. The normalized spacial score (nSPS) is 17.4. The molecule has 20 heavy (non-hydrogen) atoms. The van der Waals surface area contributed by atoms with Crippen molar-refractivity contribution in [2.24, 2.45) is 0 Å². The molecule has 0 bridgehead atoms. The molecule has 1 aliphatic rings. The molecule has 0 saturated heterocycles. The smallest absolute Gasteiger partial charge is 0.161 e. The van der Waals surface area contributed by atoms with E-state index in [0.29, 0.717) is 26.4 Å². The van der Waals surface area contributed by atoms with Crippen LogP contribution in [0.1, 0.15) is 18.9 Å². The Morgan fingerprint density at radius 3 is 2.75 bits per heavy atom. The van der Waals surface area contributed by atoms with Crippen LogP contribution in [0, 0.1) is 0 Å². The Bertz CT molecular complexity index is 438. The van der Waals surface area contributed by atoms with Crippen LogP contribution < -0.4 is 14.8 Å². The third-order valence-corrected chi connectivity index (χ3v) is 3.52. The predicted molar refractivity (Wildman–Crippen MR) is 76.4 cm³/mol. The summed E-state index contributed by atoms with van der Waals surface area (Å²) >= 11 is 0. The summed E-state index contributed by atoms with van der Waals surface area (Å²) in [6.45, 7) is 4.56. The van der Waals surface area contributed by atoms with Crippen LogP contribution in [-0.2, 0) is 10.3 Å². The van der Waals surface area contributed by atoms with Gasteiger partial charge in [0.05, 0.1) is 32.0 Å². The fourth-order valence-corrected chi connectivity index (χ4v) is 2.18. The topological polar surface area (TPSA) is 60.0 Å². The van der Waals surface area contributed by atoms with Gasteiger partial charge >= 0.3 is 0 Å². The van der Waals surface area contributed by atoms with Crippen LogP contribution in [0.25, 0.3) is 0 Å². The summed E-state index contributed by atoms with van der Waals surface area (Å²) in [6, 6.07) is 5.81. The number of nitrogens with one attached hydrogen (secondary N) is 1. The number of methoxy groups -OCH3 is 1. The van der Waals surface area contributed by atoms with E-state index in [9.17, 15) is 5.11 Å². The van der Waals surface area contributed by atoms with E-state index in [2.05, 4.69) is 5.32 Å². The lowest BCUT2D eigenvalue weighted by molar-refractivity contribution is 0.147. The Hall–Kier alpha value is -1.30. The Labute approximate surface area is 119 Å². The number of hydrogen-bond acceptors (Lipinski definition) is 5. The van der Waals surface area contributed by atoms with Gasteiger partial charge in [0.2, 0.25) is 0 Å². The van der Waals surface area contributed by atoms with Gasteiger partial charge in [0.1, 0.15) is 0 Å². The zero-order chi connectivity index (χ0) is 14.4. The van der Waals surface area contributed by atoms with Crippen molar-refractivity contribution in [2.45, 2.75) is 18.9 Å². The largest absolute Gasteiger partial charge is 0.490 e. The Morgan fingerprint density at radius 2 is 2.05 bits per heavy atom. The molecule has 2 N–H and O–H groups in total. The first-order chi connectivity index (χ1) is 9.69. The van der Waals surface area contributed by atoms with Crippen LogP contribution in [0.5, 0.6) is 11.5 Å². The summed E-state index contributed by atoms with van der Waals surface area (Å²) in [7, 11) is 1.66. The maximum Gasteiger partial charge on any atom is 0.161 e. The van der Waals surface area contributed by atoms with Crippen molar-refractivity contribution in [3.05, 3.63) is 23.8 Å². The van der Waals surface area contributed by atoms with Gasteiger partial charge in [0.15, 0.2) is 11.5 Å². The number of fused-ring (bicyclic) bond motifs is 1. The van der Waals surface area contributed by atoms with Crippen molar-refractivity contribution in [1.82, 2.24) is 5.32 Å². The number of aliphatic hydroxyl groups is 1. The van der Waals surface area contributed by atoms with Crippen LogP contribution in [-0.4, -0.2) is 45.2 Å². The van der Waals surface area contributed by atoms with E-state index >= 15 is 0 Å². The van der Waals surface area contributed by atoms with Gasteiger partial charge in [-0.05, 0) is 24.6 Å². The highest BCUT2D eigenvalue weighted by atomic mass is 16.5. The summed E-state index contributed by atoms with van der Waals surface area (Å²) in [5.41, 5.74) is 0.448. The molecule has 1 heterocycles. The second kappa shape index (κ2) is 6.92.